The van der Waals surface area contributed by atoms with E-state index in [9.17, 15) is 9.18 Å². The molecule has 0 aliphatic carbocycles. The zero-order valence-electron chi connectivity index (χ0n) is 23.2. The van der Waals surface area contributed by atoms with Crippen molar-refractivity contribution in [2.45, 2.75) is 52.9 Å². The van der Waals surface area contributed by atoms with Crippen LogP contribution in [-0.2, 0) is 19.6 Å². The summed E-state index contributed by atoms with van der Waals surface area (Å²) >= 11 is 0. The quantitative estimate of drug-likeness (QED) is 0.252. The van der Waals surface area contributed by atoms with Crippen molar-refractivity contribution in [3.8, 4) is 5.75 Å². The lowest BCUT2D eigenvalue weighted by Crippen LogP contribution is -2.32. The summed E-state index contributed by atoms with van der Waals surface area (Å²) in [5.74, 6) is 1.18. The molecule has 0 aliphatic rings. The van der Waals surface area contributed by atoms with E-state index in [0.29, 0.717) is 37.4 Å². The van der Waals surface area contributed by atoms with E-state index in [-0.39, 0.29) is 17.4 Å². The molecule has 1 N–H and O–H groups in total. The smallest absolute Gasteiger partial charge is 0.252 e. The van der Waals surface area contributed by atoms with E-state index < -0.39 is 0 Å². The predicted octanol–water partition coefficient (Wildman–Crippen LogP) is 5.48. The van der Waals surface area contributed by atoms with Crippen molar-refractivity contribution in [2.24, 2.45) is 0 Å². The zero-order chi connectivity index (χ0) is 28.2. The number of halogens is 1. The molecule has 0 radical (unpaired) electrons. The molecule has 8 nitrogen and oxygen atoms in total. The molecule has 5 rings (SSSR count). The van der Waals surface area contributed by atoms with Crippen LogP contribution in [0.25, 0.3) is 10.9 Å². The summed E-state index contributed by atoms with van der Waals surface area (Å²) < 4.78 is 20.6. The summed E-state index contributed by atoms with van der Waals surface area (Å²) in [5, 5.41) is 13.7. The Labute approximate surface area is 232 Å². The van der Waals surface area contributed by atoms with Crippen molar-refractivity contribution in [3.63, 3.8) is 0 Å². The van der Waals surface area contributed by atoms with Crippen LogP contribution < -0.4 is 10.3 Å². The fraction of sp³-hybridized carbons (Fsp3) is 0.290. The number of nitrogens with one attached hydrogen (secondary N) is 1. The van der Waals surface area contributed by atoms with Gasteiger partial charge in [-0.1, -0.05) is 43.3 Å². The second-order valence-corrected chi connectivity index (χ2v) is 10.1. The molecule has 0 aliphatic heterocycles. The van der Waals surface area contributed by atoms with Crippen LogP contribution in [0.4, 0.5) is 4.39 Å². The maximum atomic E-state index is 13.5. The summed E-state index contributed by atoms with van der Waals surface area (Å²) in [6.45, 7) is 7.51. The Morgan fingerprint density at radius 1 is 0.975 bits per heavy atom. The molecule has 2 aromatic heterocycles. The Hall–Kier alpha value is -4.37. The fourth-order valence-electron chi connectivity index (χ4n) is 5.13. The lowest BCUT2D eigenvalue weighted by molar-refractivity contribution is 0.161. The first kappa shape index (κ1) is 27.2. The summed E-state index contributed by atoms with van der Waals surface area (Å²) in [6.07, 6.45) is 0.712. The second-order valence-electron chi connectivity index (χ2n) is 10.1. The van der Waals surface area contributed by atoms with Crippen LogP contribution in [-0.4, -0.2) is 37.2 Å². The normalized spacial score (nSPS) is 12.2. The highest BCUT2D eigenvalue weighted by molar-refractivity contribution is 5.85. The second kappa shape index (κ2) is 11.8. The van der Waals surface area contributed by atoms with Crippen LogP contribution in [0.2, 0.25) is 0 Å². The van der Waals surface area contributed by atoms with Gasteiger partial charge in [0.15, 0.2) is 5.82 Å². The van der Waals surface area contributed by atoms with E-state index in [0.717, 1.165) is 38.9 Å². The van der Waals surface area contributed by atoms with Gasteiger partial charge in [-0.15, -0.1) is 5.10 Å². The zero-order valence-corrected chi connectivity index (χ0v) is 23.2. The van der Waals surface area contributed by atoms with Gasteiger partial charge in [-0.25, -0.2) is 9.07 Å². The monoisotopic (exact) mass is 540 g/mol. The van der Waals surface area contributed by atoms with Gasteiger partial charge >= 0.3 is 0 Å². The first-order valence-electron chi connectivity index (χ1n) is 13.4. The molecule has 206 valence electrons. The van der Waals surface area contributed by atoms with Crippen LogP contribution in [0.3, 0.4) is 0 Å². The molecule has 0 saturated carbocycles. The number of fused-ring (bicyclic) bond motifs is 1. The molecule has 1 unspecified atom stereocenters. The molecule has 2 heterocycles. The van der Waals surface area contributed by atoms with Crippen LogP contribution in [0, 0.1) is 19.7 Å². The van der Waals surface area contributed by atoms with Gasteiger partial charge in [0, 0.05) is 24.0 Å². The highest BCUT2D eigenvalue weighted by atomic mass is 19.1. The minimum Gasteiger partial charge on any atom is -0.497 e. The minimum atomic E-state index is -0.288. The molecule has 40 heavy (non-hydrogen) atoms. The third-order valence-corrected chi connectivity index (χ3v) is 7.37. The van der Waals surface area contributed by atoms with E-state index >= 15 is 0 Å². The van der Waals surface area contributed by atoms with Crippen molar-refractivity contribution in [3.05, 3.63) is 117 Å². The number of ether oxygens (including phenoxy) is 1. The van der Waals surface area contributed by atoms with Gasteiger partial charge in [0.2, 0.25) is 0 Å². The average molecular weight is 541 g/mol. The molecule has 9 heteroatoms. The van der Waals surface area contributed by atoms with Gasteiger partial charge < -0.3 is 9.72 Å². The van der Waals surface area contributed by atoms with E-state index in [1.54, 1.807) is 23.9 Å². The number of aryl methyl sites for hydroxylation is 2. The molecular formula is C31H33FN6O2. The molecule has 0 amide bonds. The number of methoxy groups -OCH3 is 1. The largest absolute Gasteiger partial charge is 0.497 e. The van der Waals surface area contributed by atoms with Crippen molar-refractivity contribution >= 4 is 10.9 Å². The number of tetrazole rings is 1. The van der Waals surface area contributed by atoms with Gasteiger partial charge in [-0.05, 0) is 83.3 Å². The summed E-state index contributed by atoms with van der Waals surface area (Å²) in [4.78, 5) is 18.7. The molecule has 0 bridgehead atoms. The van der Waals surface area contributed by atoms with Crippen LogP contribution in [0.5, 0.6) is 5.75 Å². The minimum absolute atomic E-state index is 0.110. The van der Waals surface area contributed by atoms with E-state index in [2.05, 4.69) is 45.3 Å². The third-order valence-electron chi connectivity index (χ3n) is 7.37. The van der Waals surface area contributed by atoms with E-state index in [4.69, 9.17) is 4.74 Å². The number of pyridine rings is 1. The third kappa shape index (κ3) is 5.79. The molecular weight excluding hydrogens is 507 g/mol. The number of H-pyrrole nitrogens is 1. The number of hydrogen-bond donors (Lipinski definition) is 1. The Bertz CT molecular complexity index is 1660. The number of benzene rings is 3. The van der Waals surface area contributed by atoms with Gasteiger partial charge in [-0.2, -0.15) is 0 Å². The summed E-state index contributed by atoms with van der Waals surface area (Å²) in [5.41, 5.74) is 5.53. The highest BCUT2D eigenvalue weighted by Gasteiger charge is 2.26. The Morgan fingerprint density at radius 2 is 1.68 bits per heavy atom. The molecule has 0 fully saturated rings. The Kier molecular flexibility index (Phi) is 8.02. The first-order chi connectivity index (χ1) is 19.4. The lowest BCUT2D eigenvalue weighted by atomic mass is 10.0. The number of rotatable bonds is 10. The van der Waals surface area contributed by atoms with Gasteiger partial charge in [0.25, 0.3) is 5.56 Å². The van der Waals surface area contributed by atoms with Gasteiger partial charge in [0.05, 0.1) is 25.2 Å². The maximum absolute atomic E-state index is 13.5. The first-order valence-corrected chi connectivity index (χ1v) is 13.4. The average Bonchev–Trinajstić information content (AvgIpc) is 3.41. The number of aromatic nitrogens is 5. The van der Waals surface area contributed by atoms with Crippen LogP contribution in [0.15, 0.2) is 71.5 Å². The molecule has 1 atom stereocenters. The van der Waals surface area contributed by atoms with Gasteiger partial charge in [0.1, 0.15) is 11.6 Å². The predicted molar refractivity (Wildman–Crippen MR) is 153 cm³/mol. The fourth-order valence-corrected chi connectivity index (χ4v) is 5.13. The SMILES string of the molecule is CCC(c1nnnn1Cc1ccc(F)cc1)N(Cc1ccc(OC)cc1)Cc1cc2c(C)ccc(C)c2[nH]c1=O. The molecule has 5 aromatic rings. The van der Waals surface area contributed by atoms with Gasteiger partial charge in [-0.3, -0.25) is 9.69 Å². The van der Waals surface area contributed by atoms with Crippen molar-refractivity contribution in [1.82, 2.24) is 30.1 Å². The van der Waals surface area contributed by atoms with E-state index in [1.807, 2.05) is 43.3 Å². The number of aromatic amines is 1. The molecule has 3 aromatic carbocycles. The Morgan fingerprint density at radius 3 is 2.38 bits per heavy atom. The molecule has 0 spiro atoms. The lowest BCUT2D eigenvalue weighted by Gasteiger charge is -2.30. The van der Waals surface area contributed by atoms with Crippen molar-refractivity contribution in [1.29, 1.82) is 0 Å². The Balaban J connectivity index is 1.53. The molecule has 0 saturated heterocycles. The van der Waals surface area contributed by atoms with Crippen LogP contribution >= 0.6 is 0 Å². The van der Waals surface area contributed by atoms with Crippen molar-refractivity contribution < 1.29 is 9.13 Å². The topological polar surface area (TPSA) is 88.9 Å². The number of nitrogens with zero attached hydrogens (tertiary/aromatic N) is 5. The standard InChI is InChI=1S/C31H33FN6O2/c1-5-28(30-34-35-36-38(30)18-23-8-12-25(32)13-9-23)37(17-22-10-14-26(40-4)15-11-22)19-24-16-27-20(2)6-7-21(3)29(27)33-31(24)39/h6-16,28H,5,17-19H2,1-4H3,(H,33,39). The number of hydrogen-bond acceptors (Lipinski definition) is 6. The maximum Gasteiger partial charge on any atom is 0.252 e. The summed E-state index contributed by atoms with van der Waals surface area (Å²) in [7, 11) is 1.64. The summed E-state index contributed by atoms with van der Waals surface area (Å²) in [6, 6.07) is 20.2. The van der Waals surface area contributed by atoms with Crippen molar-refractivity contribution in [2.75, 3.05) is 7.11 Å². The highest BCUT2D eigenvalue weighted by Crippen LogP contribution is 2.28. The van der Waals surface area contributed by atoms with E-state index in [1.165, 1.54) is 12.1 Å². The van der Waals surface area contributed by atoms with Crippen LogP contribution in [0.1, 0.15) is 53.0 Å².